The number of hydrogen-bond acceptors (Lipinski definition) is 3. The number of aryl methyl sites for hydroxylation is 1. The summed E-state index contributed by atoms with van der Waals surface area (Å²) in [5.74, 6) is 0.718. The van der Waals surface area contributed by atoms with Crippen LogP contribution in [0.1, 0.15) is 5.69 Å². The van der Waals surface area contributed by atoms with Crippen LogP contribution in [0.5, 0.6) is 0 Å². The first-order valence-electron chi connectivity index (χ1n) is 5.01. The van der Waals surface area contributed by atoms with Crippen LogP contribution in [-0.2, 0) is 0 Å². The van der Waals surface area contributed by atoms with E-state index in [9.17, 15) is 0 Å². The first-order valence-corrected chi connectivity index (χ1v) is 5.77. The third-order valence-corrected chi connectivity index (χ3v) is 3.06. The summed E-state index contributed by atoms with van der Waals surface area (Å²) < 4.78 is 0. The molecule has 0 amide bonds. The Morgan fingerprint density at radius 3 is 2.53 bits per heavy atom. The predicted octanol–water partition coefficient (Wildman–Crippen LogP) is 4.02. The fourth-order valence-electron chi connectivity index (χ4n) is 1.36. The highest BCUT2D eigenvalue weighted by Gasteiger charge is 2.02. The van der Waals surface area contributed by atoms with E-state index < -0.39 is 0 Å². The maximum Gasteiger partial charge on any atom is 0.130 e. The molecule has 2 rings (SSSR count). The average Bonchev–Trinajstić information content (AvgIpc) is 2.29. The quantitative estimate of drug-likeness (QED) is 0.864. The van der Waals surface area contributed by atoms with Gasteiger partial charge in [0, 0.05) is 5.69 Å². The van der Waals surface area contributed by atoms with Crippen molar-refractivity contribution in [1.82, 2.24) is 4.98 Å². The molecule has 17 heavy (non-hydrogen) atoms. The second-order valence-corrected chi connectivity index (χ2v) is 4.44. The summed E-state index contributed by atoms with van der Waals surface area (Å²) in [7, 11) is 0. The van der Waals surface area contributed by atoms with E-state index in [1.807, 2.05) is 25.1 Å². The van der Waals surface area contributed by atoms with Gasteiger partial charge in [-0.1, -0.05) is 23.2 Å². The van der Waals surface area contributed by atoms with Gasteiger partial charge in [-0.15, -0.1) is 0 Å². The van der Waals surface area contributed by atoms with Crippen LogP contribution in [0, 0.1) is 6.92 Å². The van der Waals surface area contributed by atoms with Gasteiger partial charge in [-0.3, -0.25) is 0 Å². The number of nitrogen functional groups attached to an aromatic ring is 1. The van der Waals surface area contributed by atoms with Gasteiger partial charge in [0.1, 0.15) is 5.82 Å². The van der Waals surface area contributed by atoms with Crippen molar-refractivity contribution in [2.24, 2.45) is 0 Å². The molecule has 0 unspecified atom stereocenters. The van der Waals surface area contributed by atoms with E-state index in [2.05, 4.69) is 10.3 Å². The van der Waals surface area contributed by atoms with Gasteiger partial charge in [0.05, 0.1) is 21.4 Å². The zero-order valence-corrected chi connectivity index (χ0v) is 10.7. The van der Waals surface area contributed by atoms with Crippen LogP contribution in [0.3, 0.4) is 0 Å². The van der Waals surface area contributed by atoms with Crippen LogP contribution in [0.25, 0.3) is 0 Å². The van der Waals surface area contributed by atoms with Gasteiger partial charge < -0.3 is 11.1 Å². The molecule has 1 aromatic carbocycles. The van der Waals surface area contributed by atoms with Crippen LogP contribution < -0.4 is 11.1 Å². The maximum atomic E-state index is 5.92. The number of nitrogens with one attached hydrogen (secondary N) is 1. The first-order chi connectivity index (χ1) is 8.06. The lowest BCUT2D eigenvalue weighted by molar-refractivity contribution is 1.20. The van der Waals surface area contributed by atoms with E-state index in [0.717, 1.165) is 17.2 Å². The van der Waals surface area contributed by atoms with Gasteiger partial charge in [0.25, 0.3) is 0 Å². The Morgan fingerprint density at radius 2 is 1.88 bits per heavy atom. The molecule has 0 aliphatic heterocycles. The highest BCUT2D eigenvalue weighted by atomic mass is 35.5. The molecule has 0 bridgehead atoms. The summed E-state index contributed by atoms with van der Waals surface area (Å²) in [4.78, 5) is 4.31. The number of pyridine rings is 1. The van der Waals surface area contributed by atoms with E-state index in [1.165, 1.54) is 0 Å². The Hall–Kier alpha value is -1.45. The highest BCUT2D eigenvalue weighted by molar-refractivity contribution is 6.42. The lowest BCUT2D eigenvalue weighted by Gasteiger charge is -2.08. The number of anilines is 3. The molecular formula is C12H11Cl2N3. The summed E-state index contributed by atoms with van der Waals surface area (Å²) in [5.41, 5.74) is 7.99. The molecule has 2 aromatic rings. The Labute approximate surface area is 110 Å². The molecule has 0 aliphatic carbocycles. The summed E-state index contributed by atoms with van der Waals surface area (Å²) in [6.07, 6.45) is 0. The molecular weight excluding hydrogens is 257 g/mol. The van der Waals surface area contributed by atoms with Crippen molar-refractivity contribution in [2.75, 3.05) is 11.1 Å². The highest BCUT2D eigenvalue weighted by Crippen LogP contribution is 2.26. The minimum Gasteiger partial charge on any atom is -0.397 e. The van der Waals surface area contributed by atoms with Crippen LogP contribution in [0.15, 0.2) is 30.3 Å². The van der Waals surface area contributed by atoms with Crippen molar-refractivity contribution >= 4 is 40.4 Å². The molecule has 1 aromatic heterocycles. The zero-order valence-electron chi connectivity index (χ0n) is 9.17. The molecule has 0 radical (unpaired) electrons. The molecule has 0 aliphatic rings. The topological polar surface area (TPSA) is 50.9 Å². The van der Waals surface area contributed by atoms with Crippen molar-refractivity contribution in [3.8, 4) is 0 Å². The molecule has 0 atom stereocenters. The van der Waals surface area contributed by atoms with Crippen LogP contribution >= 0.6 is 23.2 Å². The summed E-state index contributed by atoms with van der Waals surface area (Å²) in [6.45, 7) is 1.86. The van der Waals surface area contributed by atoms with Crippen LogP contribution in [0.2, 0.25) is 10.0 Å². The number of nitrogens with zero attached hydrogens (tertiary/aromatic N) is 1. The van der Waals surface area contributed by atoms with Crippen molar-refractivity contribution in [2.45, 2.75) is 6.92 Å². The SMILES string of the molecule is Cc1nc(Nc2ccc(Cl)c(Cl)c2)ccc1N. The number of aromatic nitrogens is 1. The summed E-state index contributed by atoms with van der Waals surface area (Å²) >= 11 is 11.8. The molecule has 1 heterocycles. The van der Waals surface area contributed by atoms with Gasteiger partial charge in [-0.2, -0.15) is 0 Å². The fraction of sp³-hybridized carbons (Fsp3) is 0.0833. The fourth-order valence-corrected chi connectivity index (χ4v) is 1.66. The van der Waals surface area contributed by atoms with Gasteiger partial charge in [-0.25, -0.2) is 4.98 Å². The minimum atomic E-state index is 0.504. The number of halogens is 2. The van der Waals surface area contributed by atoms with E-state index in [1.54, 1.807) is 12.1 Å². The normalized spacial score (nSPS) is 10.3. The molecule has 5 heteroatoms. The van der Waals surface area contributed by atoms with Crippen LogP contribution in [0.4, 0.5) is 17.2 Å². The molecule has 88 valence electrons. The summed E-state index contributed by atoms with van der Waals surface area (Å²) in [6, 6.07) is 8.93. The van der Waals surface area contributed by atoms with Crippen molar-refractivity contribution in [3.05, 3.63) is 46.1 Å². The largest absolute Gasteiger partial charge is 0.397 e. The second-order valence-electron chi connectivity index (χ2n) is 3.63. The Morgan fingerprint density at radius 1 is 1.12 bits per heavy atom. The Balaban J connectivity index is 2.25. The van der Waals surface area contributed by atoms with Gasteiger partial charge in [0.15, 0.2) is 0 Å². The third-order valence-electron chi connectivity index (χ3n) is 2.32. The van der Waals surface area contributed by atoms with E-state index in [4.69, 9.17) is 28.9 Å². The average molecular weight is 268 g/mol. The van der Waals surface area contributed by atoms with Gasteiger partial charge in [0.2, 0.25) is 0 Å². The van der Waals surface area contributed by atoms with Crippen LogP contribution in [-0.4, -0.2) is 4.98 Å². The molecule has 0 saturated carbocycles. The third kappa shape index (κ3) is 2.81. The predicted molar refractivity (Wildman–Crippen MR) is 73.1 cm³/mol. The molecule has 3 N–H and O–H groups in total. The van der Waals surface area contributed by atoms with E-state index in [0.29, 0.717) is 15.7 Å². The van der Waals surface area contributed by atoms with Crippen molar-refractivity contribution < 1.29 is 0 Å². The smallest absolute Gasteiger partial charge is 0.130 e. The van der Waals surface area contributed by atoms with Gasteiger partial charge in [-0.05, 0) is 37.3 Å². The minimum absolute atomic E-state index is 0.504. The van der Waals surface area contributed by atoms with Gasteiger partial charge >= 0.3 is 0 Å². The molecule has 3 nitrogen and oxygen atoms in total. The zero-order chi connectivity index (χ0) is 12.4. The number of benzene rings is 1. The Kier molecular flexibility index (Phi) is 3.41. The maximum absolute atomic E-state index is 5.92. The Bertz CT molecular complexity index is 506. The van der Waals surface area contributed by atoms with E-state index >= 15 is 0 Å². The van der Waals surface area contributed by atoms with Crippen molar-refractivity contribution in [1.29, 1.82) is 0 Å². The lowest BCUT2D eigenvalue weighted by Crippen LogP contribution is -1.98. The number of hydrogen-bond donors (Lipinski definition) is 2. The number of rotatable bonds is 2. The lowest BCUT2D eigenvalue weighted by atomic mass is 10.3. The van der Waals surface area contributed by atoms with Crippen molar-refractivity contribution in [3.63, 3.8) is 0 Å². The van der Waals surface area contributed by atoms with E-state index in [-0.39, 0.29) is 0 Å². The second kappa shape index (κ2) is 4.82. The molecule has 0 saturated heterocycles. The molecule has 0 fully saturated rings. The summed E-state index contributed by atoms with van der Waals surface area (Å²) in [5, 5.41) is 4.16. The first kappa shape index (κ1) is 12.0. The monoisotopic (exact) mass is 267 g/mol. The number of nitrogens with two attached hydrogens (primary N) is 1. The standard InChI is InChI=1S/C12H11Cl2N3/c1-7-11(15)4-5-12(16-7)17-8-2-3-9(13)10(14)6-8/h2-6H,15H2,1H3,(H,16,17). The molecule has 0 spiro atoms.